The van der Waals surface area contributed by atoms with Crippen LogP contribution in [0.2, 0.25) is 5.02 Å². The number of carboxylic acid groups (broad SMARTS) is 1. The zero-order valence-electron chi connectivity index (χ0n) is 11.1. The molecule has 0 aromatic heterocycles. The highest BCUT2D eigenvalue weighted by Crippen LogP contribution is 2.22. The molecule has 0 saturated heterocycles. The highest BCUT2D eigenvalue weighted by Gasteiger charge is 2.19. The fourth-order valence-corrected chi connectivity index (χ4v) is 3.05. The van der Waals surface area contributed by atoms with E-state index >= 15 is 0 Å². The zero-order chi connectivity index (χ0) is 16.3. The van der Waals surface area contributed by atoms with Crippen LogP contribution in [0.5, 0.6) is 0 Å². The Morgan fingerprint density at radius 1 is 1.18 bits per heavy atom. The first-order chi connectivity index (χ1) is 10.3. The quantitative estimate of drug-likeness (QED) is 0.874. The van der Waals surface area contributed by atoms with Crippen molar-refractivity contribution in [1.82, 2.24) is 0 Å². The summed E-state index contributed by atoms with van der Waals surface area (Å²) in [6.45, 7) is 0. The normalized spacial score (nSPS) is 11.2. The molecule has 0 unspecified atom stereocenters. The van der Waals surface area contributed by atoms with E-state index in [0.29, 0.717) is 5.56 Å². The zero-order valence-corrected chi connectivity index (χ0v) is 12.7. The van der Waals surface area contributed by atoms with Crippen LogP contribution >= 0.6 is 11.6 Å². The Balaban J connectivity index is 2.23. The average molecular weight is 344 g/mol. The van der Waals surface area contributed by atoms with Crippen molar-refractivity contribution < 1.29 is 22.7 Å². The molecule has 0 aliphatic carbocycles. The Labute approximate surface area is 131 Å². The molecule has 0 aliphatic heterocycles. The van der Waals surface area contributed by atoms with E-state index in [1.165, 1.54) is 30.3 Å². The van der Waals surface area contributed by atoms with E-state index in [-0.39, 0.29) is 17.1 Å². The molecule has 0 atom stereocenters. The van der Waals surface area contributed by atoms with Crippen LogP contribution in [0, 0.1) is 5.82 Å². The monoisotopic (exact) mass is 343 g/mol. The van der Waals surface area contributed by atoms with Gasteiger partial charge in [-0.05, 0) is 35.9 Å². The van der Waals surface area contributed by atoms with Gasteiger partial charge in [0.05, 0.1) is 6.42 Å². The molecule has 22 heavy (non-hydrogen) atoms. The number of halogens is 2. The van der Waals surface area contributed by atoms with Crippen LogP contribution in [0.15, 0.2) is 47.4 Å². The maximum Gasteiger partial charge on any atom is 0.307 e. The summed E-state index contributed by atoms with van der Waals surface area (Å²) in [4.78, 5) is 10.0. The molecular weight excluding hydrogens is 333 g/mol. The van der Waals surface area contributed by atoms with Crippen LogP contribution in [0.4, 0.5) is 10.1 Å². The molecule has 0 heterocycles. The van der Waals surface area contributed by atoms with Gasteiger partial charge >= 0.3 is 5.97 Å². The first-order valence-electron chi connectivity index (χ1n) is 6.06. The molecule has 5 nitrogen and oxygen atoms in total. The summed E-state index contributed by atoms with van der Waals surface area (Å²) in [6.07, 6.45) is -0.168. The third kappa shape index (κ3) is 3.96. The van der Waals surface area contributed by atoms with E-state index < -0.39 is 26.7 Å². The number of aliphatic carboxylic acids is 1. The summed E-state index contributed by atoms with van der Waals surface area (Å²) in [7, 11) is -4.10. The highest BCUT2D eigenvalue weighted by atomic mass is 35.5. The molecule has 0 radical (unpaired) electrons. The first kappa shape index (κ1) is 16.3. The Morgan fingerprint density at radius 3 is 2.36 bits per heavy atom. The predicted molar refractivity (Wildman–Crippen MR) is 80.0 cm³/mol. The van der Waals surface area contributed by atoms with Crippen molar-refractivity contribution in [3.8, 4) is 0 Å². The smallest absolute Gasteiger partial charge is 0.307 e. The Morgan fingerprint density at radius 2 is 1.82 bits per heavy atom. The predicted octanol–water partition coefficient (Wildman–Crippen LogP) is 2.91. The number of carbonyl (C=O) groups is 1. The Hall–Kier alpha value is -2.12. The van der Waals surface area contributed by atoms with E-state index in [1.54, 1.807) is 0 Å². The summed E-state index contributed by atoms with van der Waals surface area (Å²) < 4.78 is 40.1. The lowest BCUT2D eigenvalue weighted by molar-refractivity contribution is -0.136. The number of benzene rings is 2. The van der Waals surface area contributed by atoms with Crippen molar-refractivity contribution in [1.29, 1.82) is 0 Å². The number of hydrogen-bond acceptors (Lipinski definition) is 3. The highest BCUT2D eigenvalue weighted by molar-refractivity contribution is 7.92. The summed E-state index contributed by atoms with van der Waals surface area (Å²) in [5.74, 6) is -1.95. The van der Waals surface area contributed by atoms with Crippen molar-refractivity contribution in [3.05, 3.63) is 58.9 Å². The van der Waals surface area contributed by atoms with E-state index in [4.69, 9.17) is 16.7 Å². The Kier molecular flexibility index (Phi) is 4.68. The minimum Gasteiger partial charge on any atom is -0.481 e. The van der Waals surface area contributed by atoms with Crippen LogP contribution < -0.4 is 4.72 Å². The van der Waals surface area contributed by atoms with Crippen molar-refractivity contribution in [2.75, 3.05) is 4.72 Å². The van der Waals surface area contributed by atoms with Crippen LogP contribution in [0.3, 0.4) is 0 Å². The van der Waals surface area contributed by atoms with Crippen molar-refractivity contribution >= 4 is 33.3 Å². The maximum absolute atomic E-state index is 13.7. The molecule has 116 valence electrons. The van der Waals surface area contributed by atoms with Gasteiger partial charge in [-0.2, -0.15) is 0 Å². The second-order valence-electron chi connectivity index (χ2n) is 4.45. The van der Waals surface area contributed by atoms with Gasteiger partial charge < -0.3 is 5.11 Å². The van der Waals surface area contributed by atoms with Crippen molar-refractivity contribution in [2.24, 2.45) is 0 Å². The van der Waals surface area contributed by atoms with Gasteiger partial charge in [-0.25, -0.2) is 12.8 Å². The van der Waals surface area contributed by atoms with E-state index in [0.717, 1.165) is 12.1 Å². The summed E-state index contributed by atoms with van der Waals surface area (Å²) in [5, 5.41) is 8.75. The number of sulfonamides is 1. The number of hydrogen-bond donors (Lipinski definition) is 2. The standard InChI is InChI=1S/C14H11ClFNO4S/c15-10-3-6-13(12(16)8-10)22(20,21)17-11-4-1-9(2-5-11)7-14(18)19/h1-6,8,17H,7H2,(H,18,19). The molecule has 0 fully saturated rings. The van der Waals surface area contributed by atoms with Gasteiger partial charge in [-0.3, -0.25) is 9.52 Å². The van der Waals surface area contributed by atoms with Gasteiger partial charge in [0, 0.05) is 10.7 Å². The molecule has 2 rings (SSSR count). The average Bonchev–Trinajstić information content (AvgIpc) is 2.39. The first-order valence-corrected chi connectivity index (χ1v) is 7.92. The fourth-order valence-electron chi connectivity index (χ4n) is 1.77. The molecule has 2 aromatic carbocycles. The van der Waals surface area contributed by atoms with Gasteiger partial charge in [-0.15, -0.1) is 0 Å². The molecular formula is C14H11ClFNO4S. The molecule has 8 heteroatoms. The maximum atomic E-state index is 13.7. The number of anilines is 1. The summed E-state index contributed by atoms with van der Waals surface area (Å²) >= 11 is 5.58. The number of nitrogens with one attached hydrogen (secondary N) is 1. The minimum atomic E-state index is -4.10. The lowest BCUT2D eigenvalue weighted by atomic mass is 10.1. The van der Waals surface area contributed by atoms with Crippen LogP contribution in [-0.4, -0.2) is 19.5 Å². The second kappa shape index (κ2) is 6.33. The van der Waals surface area contributed by atoms with Gasteiger partial charge in [-0.1, -0.05) is 23.7 Å². The molecule has 0 saturated carbocycles. The molecule has 0 aliphatic rings. The third-order valence-electron chi connectivity index (χ3n) is 2.74. The number of rotatable bonds is 5. The molecule has 0 amide bonds. The molecule has 0 bridgehead atoms. The largest absolute Gasteiger partial charge is 0.481 e. The van der Waals surface area contributed by atoms with Crippen LogP contribution in [-0.2, 0) is 21.2 Å². The van der Waals surface area contributed by atoms with E-state index in [1.807, 2.05) is 0 Å². The van der Waals surface area contributed by atoms with Gasteiger partial charge in [0.25, 0.3) is 10.0 Å². The fraction of sp³-hybridized carbons (Fsp3) is 0.0714. The Bertz CT molecular complexity index is 806. The van der Waals surface area contributed by atoms with Gasteiger partial charge in [0.1, 0.15) is 10.7 Å². The van der Waals surface area contributed by atoms with Crippen LogP contribution in [0.1, 0.15) is 5.56 Å². The van der Waals surface area contributed by atoms with Crippen LogP contribution in [0.25, 0.3) is 0 Å². The lowest BCUT2D eigenvalue weighted by Gasteiger charge is -2.09. The van der Waals surface area contributed by atoms with Gasteiger partial charge in [0.15, 0.2) is 0 Å². The topological polar surface area (TPSA) is 83.5 Å². The minimum absolute atomic E-state index is 0.0921. The summed E-state index contributed by atoms with van der Waals surface area (Å²) in [6, 6.07) is 9.02. The van der Waals surface area contributed by atoms with Gasteiger partial charge in [0.2, 0.25) is 0 Å². The van der Waals surface area contributed by atoms with Crippen molar-refractivity contribution in [2.45, 2.75) is 11.3 Å². The second-order valence-corrected chi connectivity index (χ2v) is 6.53. The molecule has 2 N–H and O–H groups in total. The summed E-state index contributed by atoms with van der Waals surface area (Å²) in [5.41, 5.74) is 0.719. The third-order valence-corrected chi connectivity index (χ3v) is 4.39. The van der Waals surface area contributed by atoms with E-state index in [2.05, 4.69) is 4.72 Å². The lowest BCUT2D eigenvalue weighted by Crippen LogP contribution is -2.14. The van der Waals surface area contributed by atoms with Crippen molar-refractivity contribution in [3.63, 3.8) is 0 Å². The molecule has 2 aromatic rings. The number of carboxylic acids is 1. The SMILES string of the molecule is O=C(O)Cc1ccc(NS(=O)(=O)c2ccc(Cl)cc2F)cc1. The van der Waals surface area contributed by atoms with E-state index in [9.17, 15) is 17.6 Å². The molecule has 0 spiro atoms.